The van der Waals surface area contributed by atoms with Crippen LogP contribution >= 0.6 is 11.3 Å². The summed E-state index contributed by atoms with van der Waals surface area (Å²) >= 11 is 1.95. The zero-order chi connectivity index (χ0) is 173. The largest absolute Gasteiger partial charge is 0.387 e. The molecule has 2 fully saturated rings. The van der Waals surface area contributed by atoms with E-state index in [0.29, 0.717) is 17.8 Å². The van der Waals surface area contributed by atoms with Gasteiger partial charge in [0.15, 0.2) is 0 Å². The summed E-state index contributed by atoms with van der Waals surface area (Å²) in [6.07, 6.45) is 10.4. The summed E-state index contributed by atoms with van der Waals surface area (Å²) in [6, 6.07) is 15.5. The Labute approximate surface area is 412 Å². The number of fused-ring (bicyclic) bond motifs is 2. The van der Waals surface area contributed by atoms with Crippen LogP contribution in [-0.2, 0) is 0 Å². The van der Waals surface area contributed by atoms with Crippen molar-refractivity contribution in [2.45, 2.75) is 56.5 Å². The van der Waals surface area contributed by atoms with Gasteiger partial charge >= 0.3 is 0 Å². The first kappa shape index (κ1) is 1.51. The second-order valence-electron chi connectivity index (χ2n) is 8.88. The molecule has 1 atom stereocenters. The van der Waals surface area contributed by atoms with Gasteiger partial charge in [0.05, 0.1) is 29.8 Å². The Balaban J connectivity index is -0.0000000102. The lowest BCUT2D eigenvalue weighted by Crippen LogP contribution is -2.22. The van der Waals surface area contributed by atoms with E-state index in [4.69, 9.17) is 229 Å². The minimum Gasteiger partial charge on any atom is -0.387 e. The van der Waals surface area contributed by atoms with Crippen molar-refractivity contribution in [2.24, 2.45) is 5.92 Å². The maximum atomic E-state index is 11.4. The van der Waals surface area contributed by atoms with Crippen LogP contribution in [0, 0.1) is 5.92 Å². The third-order valence-corrected chi connectivity index (χ3v) is 8.30. The van der Waals surface area contributed by atoms with Crippen LogP contribution < -0.4 is 0 Å². The molecule has 4 heteroatoms. The average Bonchev–Trinajstić information content (AvgIpc) is 1.62. The third kappa shape index (κ3) is 3.10. The number of thiophene rings is 1. The fraction of sp³-hybridized carbons (Fsp3) is 0.400. The second kappa shape index (κ2) is 6.96. The molecule has 1 unspecified atom stereocenters. The Bertz CT molecular complexity index is 1250. The maximum Gasteiger partial charge on any atom is 0.0995 e. The monoisotopic (exact) mass is 712 g/mol. The van der Waals surface area contributed by atoms with E-state index >= 15 is 0 Å². The molecule has 2 saturated carbocycles. The molecule has 1 aromatic carbocycles. The fourth-order valence-electron chi connectivity index (χ4n) is 5.23. The summed E-state index contributed by atoms with van der Waals surface area (Å²) in [5.41, 5.74) is 3.53. The summed E-state index contributed by atoms with van der Waals surface area (Å²) in [5.74, 6) is 1.61. The molecule has 0 bridgehead atoms. The standard InChI is InChI=1S/C25H26N2OS.77H2/c28-25(24-21(16-5-6-16)12-11-20-14-26-15-27(20)24)18-9-7-17(8-10-18)23-13-19-3-1-2-4-22(19)29-23;;;;;;;;;;;;;;;;;;;;;;;;;;;;;;;;;;;;;;;;;;;;;;;;;;;;;;;;;;;;;;;;;;;;;;;;;;;;;/h1-4,11-18,25,28H,5-10H2;77*1H/i;77*1+1D. The molecule has 6 rings (SSSR count). The number of hydrogen-bond donors (Lipinski definition) is 1. The molecule has 0 saturated heterocycles. The van der Waals surface area contributed by atoms with Crippen LogP contribution in [0.25, 0.3) is 15.6 Å². The fourth-order valence-corrected chi connectivity index (χ4v) is 6.46. The van der Waals surface area contributed by atoms with Crippen molar-refractivity contribution in [1.29, 1.82) is 0 Å². The van der Waals surface area contributed by atoms with Gasteiger partial charge in [0.1, 0.15) is 0 Å². The van der Waals surface area contributed by atoms with E-state index in [1.165, 1.54) is 46.2 Å². The number of rotatable bonds is 4. The molecule has 0 spiro atoms. The lowest BCUT2D eigenvalue weighted by molar-refractivity contribution is 0.0757. The van der Waals surface area contributed by atoms with Crippen molar-refractivity contribution >= 4 is 26.9 Å². The van der Waals surface area contributed by atoms with Gasteiger partial charge in [-0.1, -0.05) is 24.3 Å². The Hall–Kier alpha value is -2.17. The Morgan fingerprint density at radius 2 is 1.83 bits per heavy atom. The van der Waals surface area contributed by atoms with Crippen molar-refractivity contribution in [1.82, 2.24) is 9.38 Å². The van der Waals surface area contributed by atoms with E-state index in [2.05, 4.69) is 51.8 Å². The topological polar surface area (TPSA) is 37.5 Å². The Morgan fingerprint density at radius 1 is 1.03 bits per heavy atom. The van der Waals surface area contributed by atoms with Gasteiger partial charge in [0.25, 0.3) is 0 Å². The Morgan fingerprint density at radius 3 is 2.62 bits per heavy atom. The van der Waals surface area contributed by atoms with Crippen molar-refractivity contribution in [3.05, 3.63) is 71.1 Å². The number of aromatic nitrogens is 2. The van der Waals surface area contributed by atoms with Crippen LogP contribution in [0.5, 0.6) is 0 Å². The van der Waals surface area contributed by atoms with E-state index in [1.807, 2.05) is 23.9 Å². The van der Waals surface area contributed by atoms with E-state index in [9.17, 15) is 5.11 Å². The van der Waals surface area contributed by atoms with Crippen LogP contribution in [0.4, 0.5) is 0 Å². The zero-order valence-corrected chi connectivity index (χ0v) is 17.3. The highest BCUT2D eigenvalue weighted by atomic mass is 32.1. The molecule has 0 radical (unpaired) electrons. The van der Waals surface area contributed by atoms with Gasteiger partial charge in [-0.15, -0.1) is 11.3 Å². The predicted molar refractivity (Wildman–Crippen MR) is 281 cm³/mol. The zero-order valence-electron chi connectivity index (χ0n) is 170. The molecule has 302 valence electrons. The van der Waals surface area contributed by atoms with Crippen LogP contribution in [0.15, 0.2) is 55.0 Å². The first-order chi connectivity index (χ1) is 91.3. The molecule has 3 heterocycles. The molecule has 29 heavy (non-hydrogen) atoms. The quantitative estimate of drug-likeness (QED) is 0.229. The minimum absolute atomic E-state index is 0.339. The maximum absolute atomic E-state index is 11.4. The van der Waals surface area contributed by atoms with Crippen LogP contribution in [0.1, 0.15) is 301 Å². The molecular formula is C25H180N2OS. The summed E-state index contributed by atoms with van der Waals surface area (Å²) in [7, 11) is 0. The van der Waals surface area contributed by atoms with Gasteiger partial charge in [0, 0.05) is 238 Å². The van der Waals surface area contributed by atoms with Gasteiger partial charge in [-0.2, -0.15) is 0 Å². The molecule has 3 nitrogen and oxygen atoms in total. The smallest absolute Gasteiger partial charge is 0.0995 e. The van der Waals surface area contributed by atoms with E-state index in [1.54, 1.807) is 0 Å². The van der Waals surface area contributed by atoms with Crippen LogP contribution in [0.2, 0.25) is 0 Å². The number of pyridine rings is 1. The highest BCUT2D eigenvalue weighted by Crippen LogP contribution is 2.47. The van der Waals surface area contributed by atoms with Crippen molar-refractivity contribution in [2.75, 3.05) is 0 Å². The molecule has 2 aliphatic carbocycles. The van der Waals surface area contributed by atoms with E-state index < -0.39 is 6.10 Å². The molecule has 0 amide bonds. The highest BCUT2D eigenvalue weighted by molar-refractivity contribution is 7.19. The lowest BCUT2D eigenvalue weighted by atomic mass is 9.77. The number of benzene rings is 1. The predicted octanol–water partition coefficient (Wildman–Crippen LogP) is 25.4. The van der Waals surface area contributed by atoms with Crippen molar-refractivity contribution in [3.8, 4) is 0 Å². The van der Waals surface area contributed by atoms with Gasteiger partial charge in [-0.3, -0.25) is 0 Å². The number of nitrogens with zero attached hydrogens (tertiary/aromatic N) is 2. The first-order valence-corrected chi connectivity index (χ1v) is 11.7. The molecule has 4 aromatic rings. The second-order valence-corrected chi connectivity index (χ2v) is 10.00. The molecule has 3 aromatic heterocycles. The SMILES string of the molecule is OC(c1c(C2CC2)ccc2cncn12)C1CCC(c2cc3ccccc3s2)CC1.[2H][2H].[2H][2H].[2H][2H].[2H][2H].[2H][2H].[2H][2H].[2H][2H].[2H][2H].[2H][2H].[2H][2H].[2H][2H].[2H][2H].[2H][2H].[2H][2H].[2H][2H].[2H][2H].[2H][2H].[2H][2H].[2H][2H].[2H][2H].[2H][2H].[2H][2H].[2H][2H].[2H][2H].[2H][2H].[2H][2H].[2H][2H].[2H][2H].[2H][2H].[2H][2H].[2H][2H].[2H][2H].[2H][2H].[2H][2H].[2H][2H].[2H][2H].[2H][2H].[2H][2H].[2H][2H].[2H][2H].[2H][2H].[2H][2H].[2H][2H].[2H][2H].[2H][2H].[2H][2H].[2H][2H].[2H][2H].[2H][2H].[2H][2H].[2H][2H].[2H][2H].[2H][2H].[2H][2H].[2H][2H].[2H][2H].[2H][2H].[2H][2H].[2H][2H].[2H][2H].[2H][2H].[2H][2H].[2H][2H].[2H][2H].[2H][2H].[2H][2H].[2H][2H].[2H][2H].[2H][2H].[2H][2H].[2H][2H].[2H][2H].[2H][2H].[2H][2H].[2H][2H].[2H][2H].[2H][2H]. The molecular weight excluding hydrogens is 376 g/mol. The Kier molecular flexibility index (Phi) is 0.363. The van der Waals surface area contributed by atoms with Gasteiger partial charge in [0.2, 0.25) is 0 Å². The summed E-state index contributed by atoms with van der Waals surface area (Å²) in [5, 5.41) is 12.8. The van der Waals surface area contributed by atoms with Gasteiger partial charge in [-0.25, -0.2) is 4.98 Å². The third-order valence-electron chi connectivity index (χ3n) is 7.02. The summed E-state index contributed by atoms with van der Waals surface area (Å²) in [6.45, 7) is 0. The highest BCUT2D eigenvalue weighted by Gasteiger charge is 2.34. The van der Waals surface area contributed by atoms with Crippen molar-refractivity contribution in [3.63, 3.8) is 0 Å². The minimum atomic E-state index is -0.396. The van der Waals surface area contributed by atoms with Crippen molar-refractivity contribution < 1.29 is 234 Å². The summed E-state index contributed by atoms with van der Waals surface area (Å²) < 4.78 is 774. The van der Waals surface area contributed by atoms with E-state index in [-0.39, 0.29) is 0 Å². The van der Waals surface area contributed by atoms with Gasteiger partial charge in [-0.05, 0) is 85.4 Å². The van der Waals surface area contributed by atoms with Crippen LogP contribution in [0.3, 0.4) is 0 Å². The number of hydrogen-bond acceptors (Lipinski definition) is 3. The molecule has 1 N–H and O–H groups in total. The lowest BCUT2D eigenvalue weighted by Gasteiger charge is -2.32. The first-order valence-electron chi connectivity index (χ1n) is 87.9. The number of aliphatic hydroxyl groups excluding tert-OH is 1. The van der Waals surface area contributed by atoms with Crippen LogP contribution in [-0.4, -0.2) is 14.5 Å². The normalized spacial score (nSPS) is 44.9. The van der Waals surface area contributed by atoms with Gasteiger partial charge < -0.3 is 9.51 Å². The summed E-state index contributed by atoms with van der Waals surface area (Å²) in [4.78, 5) is 5.86. The average molecular weight is 713 g/mol. The van der Waals surface area contributed by atoms with E-state index in [0.717, 1.165) is 24.1 Å². The molecule has 2 aliphatic rings. The number of aliphatic hydroxyl groups is 1. The molecule has 0 aliphatic heterocycles. The number of imidazole rings is 1.